The van der Waals surface area contributed by atoms with Gasteiger partial charge >= 0.3 is 0 Å². The Kier molecular flexibility index (Phi) is 6.61. The Morgan fingerprint density at radius 3 is 2.70 bits per heavy atom. The second-order valence-corrected chi connectivity index (χ2v) is 2.20. The van der Waals surface area contributed by atoms with Crippen LogP contribution >= 0.6 is 0 Å². The SMILES string of the molecule is [CH2]CCOC(C=CC)CC. The van der Waals surface area contributed by atoms with Crippen LogP contribution in [0, 0.1) is 6.92 Å². The zero-order valence-electron chi connectivity index (χ0n) is 6.97. The summed E-state index contributed by atoms with van der Waals surface area (Å²) < 4.78 is 5.43. The smallest absolute Gasteiger partial charge is 0.0753 e. The molecule has 0 aromatic carbocycles. The van der Waals surface area contributed by atoms with Crippen molar-refractivity contribution in [3.8, 4) is 0 Å². The van der Waals surface area contributed by atoms with Crippen LogP contribution in [0.3, 0.4) is 0 Å². The highest BCUT2D eigenvalue weighted by Crippen LogP contribution is 1.99. The first-order valence-corrected chi connectivity index (χ1v) is 3.88. The quantitative estimate of drug-likeness (QED) is 0.535. The zero-order valence-corrected chi connectivity index (χ0v) is 6.97. The molecule has 10 heavy (non-hydrogen) atoms. The highest BCUT2D eigenvalue weighted by molar-refractivity contribution is 4.85. The van der Waals surface area contributed by atoms with Crippen LogP contribution in [0.5, 0.6) is 0 Å². The van der Waals surface area contributed by atoms with E-state index in [0.29, 0.717) is 6.10 Å². The standard InChI is InChI=1S/C9H17O/c1-4-7-9(6-3)10-8-5-2/h4,7,9H,2,5-6,8H2,1,3H3. The van der Waals surface area contributed by atoms with E-state index in [0.717, 1.165) is 19.4 Å². The zero-order chi connectivity index (χ0) is 7.82. The van der Waals surface area contributed by atoms with Gasteiger partial charge in [-0.25, -0.2) is 0 Å². The molecule has 0 aliphatic heterocycles. The first-order valence-electron chi connectivity index (χ1n) is 3.88. The summed E-state index contributed by atoms with van der Waals surface area (Å²) >= 11 is 0. The lowest BCUT2D eigenvalue weighted by molar-refractivity contribution is 0.0861. The number of hydrogen-bond donors (Lipinski definition) is 0. The summed E-state index contributed by atoms with van der Waals surface area (Å²) in [6.45, 7) is 8.60. The van der Waals surface area contributed by atoms with Crippen LogP contribution in [0.4, 0.5) is 0 Å². The van der Waals surface area contributed by atoms with E-state index in [1.54, 1.807) is 0 Å². The van der Waals surface area contributed by atoms with Crippen molar-refractivity contribution in [1.82, 2.24) is 0 Å². The van der Waals surface area contributed by atoms with Gasteiger partial charge in [-0.1, -0.05) is 26.0 Å². The molecule has 0 N–H and O–H groups in total. The molecule has 0 fully saturated rings. The van der Waals surface area contributed by atoms with E-state index in [4.69, 9.17) is 4.74 Å². The van der Waals surface area contributed by atoms with Crippen molar-refractivity contribution in [2.24, 2.45) is 0 Å². The van der Waals surface area contributed by atoms with Gasteiger partial charge in [0.25, 0.3) is 0 Å². The average Bonchev–Trinajstić information content (AvgIpc) is 1.98. The van der Waals surface area contributed by atoms with Gasteiger partial charge in [0.2, 0.25) is 0 Å². The van der Waals surface area contributed by atoms with Crippen molar-refractivity contribution in [3.63, 3.8) is 0 Å². The molecule has 0 aromatic rings. The molecule has 1 radical (unpaired) electrons. The third kappa shape index (κ3) is 4.57. The lowest BCUT2D eigenvalue weighted by Crippen LogP contribution is -2.08. The van der Waals surface area contributed by atoms with Gasteiger partial charge in [0.15, 0.2) is 0 Å². The van der Waals surface area contributed by atoms with Crippen LogP contribution in [-0.4, -0.2) is 12.7 Å². The van der Waals surface area contributed by atoms with Crippen molar-refractivity contribution in [1.29, 1.82) is 0 Å². The summed E-state index contributed by atoms with van der Waals surface area (Å²) in [4.78, 5) is 0. The molecule has 0 aromatic heterocycles. The molecule has 0 spiro atoms. The summed E-state index contributed by atoms with van der Waals surface area (Å²) in [6, 6.07) is 0. The minimum atomic E-state index is 0.298. The third-order valence-corrected chi connectivity index (χ3v) is 1.29. The van der Waals surface area contributed by atoms with Gasteiger partial charge in [-0.3, -0.25) is 0 Å². The molecule has 0 saturated heterocycles. The average molecular weight is 141 g/mol. The second kappa shape index (κ2) is 6.81. The maximum Gasteiger partial charge on any atom is 0.0753 e. The highest BCUT2D eigenvalue weighted by atomic mass is 16.5. The fraction of sp³-hybridized carbons (Fsp3) is 0.667. The van der Waals surface area contributed by atoms with Crippen LogP contribution in [0.25, 0.3) is 0 Å². The Hall–Kier alpha value is -0.300. The molecule has 1 nitrogen and oxygen atoms in total. The molecule has 59 valence electrons. The molecular weight excluding hydrogens is 124 g/mol. The predicted octanol–water partition coefficient (Wildman–Crippen LogP) is 2.58. The first-order chi connectivity index (χ1) is 4.85. The maximum absolute atomic E-state index is 5.43. The molecule has 0 heterocycles. The normalized spacial score (nSPS) is 14.3. The maximum atomic E-state index is 5.43. The Labute approximate surface area is 64.1 Å². The Balaban J connectivity index is 3.39. The topological polar surface area (TPSA) is 9.23 Å². The molecular formula is C9H17O. The lowest BCUT2D eigenvalue weighted by atomic mass is 10.2. The van der Waals surface area contributed by atoms with Gasteiger partial charge in [0.05, 0.1) is 6.10 Å². The first kappa shape index (κ1) is 9.70. The van der Waals surface area contributed by atoms with Gasteiger partial charge in [0.1, 0.15) is 0 Å². The van der Waals surface area contributed by atoms with Gasteiger partial charge in [0, 0.05) is 6.61 Å². The van der Waals surface area contributed by atoms with Gasteiger partial charge in [-0.05, 0) is 19.8 Å². The van der Waals surface area contributed by atoms with E-state index in [-0.39, 0.29) is 0 Å². The summed E-state index contributed by atoms with van der Waals surface area (Å²) in [5, 5.41) is 0. The Bertz CT molecular complexity index is 86.7. The van der Waals surface area contributed by atoms with Crippen LogP contribution in [0.15, 0.2) is 12.2 Å². The number of rotatable bonds is 5. The predicted molar refractivity (Wildman–Crippen MR) is 44.8 cm³/mol. The summed E-state index contributed by atoms with van der Waals surface area (Å²) in [7, 11) is 0. The number of allylic oxidation sites excluding steroid dienone is 1. The Morgan fingerprint density at radius 2 is 2.30 bits per heavy atom. The fourth-order valence-electron chi connectivity index (χ4n) is 0.759. The fourth-order valence-corrected chi connectivity index (χ4v) is 0.759. The second-order valence-electron chi connectivity index (χ2n) is 2.20. The summed E-state index contributed by atoms with van der Waals surface area (Å²) in [5.74, 6) is 0. The van der Waals surface area contributed by atoms with Crippen LogP contribution in [-0.2, 0) is 4.74 Å². The van der Waals surface area contributed by atoms with Gasteiger partial charge < -0.3 is 4.74 Å². The van der Waals surface area contributed by atoms with Crippen molar-refractivity contribution < 1.29 is 4.74 Å². The molecule has 1 atom stereocenters. The van der Waals surface area contributed by atoms with E-state index in [1.165, 1.54) is 0 Å². The molecule has 1 unspecified atom stereocenters. The van der Waals surface area contributed by atoms with Crippen molar-refractivity contribution >= 4 is 0 Å². The van der Waals surface area contributed by atoms with E-state index < -0.39 is 0 Å². The Morgan fingerprint density at radius 1 is 1.60 bits per heavy atom. The third-order valence-electron chi connectivity index (χ3n) is 1.29. The van der Waals surface area contributed by atoms with Crippen LogP contribution in [0.1, 0.15) is 26.7 Å². The molecule has 0 rings (SSSR count). The lowest BCUT2D eigenvalue weighted by Gasteiger charge is -2.09. The van der Waals surface area contributed by atoms with E-state index in [9.17, 15) is 0 Å². The van der Waals surface area contributed by atoms with Crippen LogP contribution in [0.2, 0.25) is 0 Å². The van der Waals surface area contributed by atoms with Crippen molar-refractivity contribution in [3.05, 3.63) is 19.1 Å². The monoisotopic (exact) mass is 141 g/mol. The largest absolute Gasteiger partial charge is 0.374 e. The van der Waals surface area contributed by atoms with Crippen molar-refractivity contribution in [2.45, 2.75) is 32.8 Å². The molecule has 0 saturated carbocycles. The van der Waals surface area contributed by atoms with Gasteiger partial charge in [-0.2, -0.15) is 0 Å². The minimum absolute atomic E-state index is 0.298. The van der Waals surface area contributed by atoms with E-state index in [1.807, 2.05) is 13.0 Å². The minimum Gasteiger partial charge on any atom is -0.374 e. The summed E-state index contributed by atoms with van der Waals surface area (Å²) in [5.41, 5.74) is 0. The van der Waals surface area contributed by atoms with Crippen LogP contribution < -0.4 is 0 Å². The van der Waals surface area contributed by atoms with E-state index in [2.05, 4.69) is 19.9 Å². The molecule has 0 aliphatic rings. The van der Waals surface area contributed by atoms with Crippen molar-refractivity contribution in [2.75, 3.05) is 6.61 Å². The van der Waals surface area contributed by atoms with Gasteiger partial charge in [-0.15, -0.1) is 0 Å². The molecule has 0 amide bonds. The number of hydrogen-bond acceptors (Lipinski definition) is 1. The van der Waals surface area contributed by atoms with E-state index >= 15 is 0 Å². The number of ether oxygens (including phenoxy) is 1. The molecule has 1 heteroatoms. The molecule has 0 bridgehead atoms. The highest BCUT2D eigenvalue weighted by Gasteiger charge is 1.97. The molecule has 0 aliphatic carbocycles. The summed E-state index contributed by atoms with van der Waals surface area (Å²) in [6.07, 6.45) is 6.30.